The van der Waals surface area contributed by atoms with Crippen LogP contribution in [0.5, 0.6) is 11.5 Å². The van der Waals surface area contributed by atoms with Crippen LogP contribution in [-0.4, -0.2) is 42.9 Å². The highest BCUT2D eigenvalue weighted by atomic mass is 32.2. The first-order valence-electron chi connectivity index (χ1n) is 6.25. The molecule has 0 aliphatic heterocycles. The maximum absolute atomic E-state index is 12.2. The molecule has 0 heterocycles. The zero-order valence-corrected chi connectivity index (χ0v) is 12.8. The summed E-state index contributed by atoms with van der Waals surface area (Å²) < 4.78 is 42.0. The largest absolute Gasteiger partial charge is 0.497 e. The van der Waals surface area contributed by atoms with Gasteiger partial charge in [0.15, 0.2) is 0 Å². The van der Waals surface area contributed by atoms with E-state index in [9.17, 15) is 8.42 Å². The van der Waals surface area contributed by atoms with Crippen molar-refractivity contribution in [1.29, 1.82) is 0 Å². The van der Waals surface area contributed by atoms with Crippen molar-refractivity contribution in [2.75, 3.05) is 34.5 Å². The molecule has 0 atom stereocenters. The molecule has 20 heavy (non-hydrogen) atoms. The predicted molar refractivity (Wildman–Crippen MR) is 75.8 cm³/mol. The molecule has 0 aliphatic carbocycles. The molecule has 0 amide bonds. The van der Waals surface area contributed by atoms with Crippen LogP contribution >= 0.6 is 0 Å². The molecule has 1 aromatic rings. The molecule has 0 fully saturated rings. The van der Waals surface area contributed by atoms with E-state index in [1.807, 2.05) is 0 Å². The molecule has 0 saturated carbocycles. The van der Waals surface area contributed by atoms with Crippen LogP contribution in [0.2, 0.25) is 0 Å². The summed E-state index contributed by atoms with van der Waals surface area (Å²) in [7, 11) is 0.965. The van der Waals surface area contributed by atoms with Crippen molar-refractivity contribution in [3.8, 4) is 11.5 Å². The van der Waals surface area contributed by atoms with Crippen molar-refractivity contribution in [3.05, 3.63) is 18.2 Å². The van der Waals surface area contributed by atoms with Gasteiger partial charge in [0.05, 0.1) is 14.2 Å². The van der Waals surface area contributed by atoms with Gasteiger partial charge in [-0.1, -0.05) is 0 Å². The Kier molecular flexibility index (Phi) is 6.77. The minimum Gasteiger partial charge on any atom is -0.497 e. The van der Waals surface area contributed by atoms with Gasteiger partial charge in [0.25, 0.3) is 0 Å². The van der Waals surface area contributed by atoms with Crippen molar-refractivity contribution in [2.24, 2.45) is 0 Å². The second kappa shape index (κ2) is 8.08. The summed E-state index contributed by atoms with van der Waals surface area (Å²) in [5.74, 6) is 0.801. The number of hydrogen-bond acceptors (Lipinski definition) is 5. The Morgan fingerprint density at radius 3 is 2.45 bits per heavy atom. The van der Waals surface area contributed by atoms with Crippen LogP contribution in [0.15, 0.2) is 23.1 Å². The summed E-state index contributed by atoms with van der Waals surface area (Å²) in [6.45, 7) is 0.981. The lowest BCUT2D eigenvalue weighted by Gasteiger charge is -2.11. The lowest BCUT2D eigenvalue weighted by molar-refractivity contribution is 0.193. The lowest BCUT2D eigenvalue weighted by Crippen LogP contribution is -2.25. The summed E-state index contributed by atoms with van der Waals surface area (Å²) in [6.07, 6.45) is 1.52. The minimum absolute atomic E-state index is 0.104. The zero-order valence-electron chi connectivity index (χ0n) is 12.0. The SMILES string of the molecule is COCCCCNS(=O)(=O)c1ccc(OC)cc1OC. The molecule has 1 aromatic carbocycles. The van der Waals surface area contributed by atoms with E-state index < -0.39 is 10.0 Å². The molecule has 0 bridgehead atoms. The average molecular weight is 303 g/mol. The van der Waals surface area contributed by atoms with E-state index in [1.165, 1.54) is 20.3 Å². The fraction of sp³-hybridized carbons (Fsp3) is 0.538. The standard InChI is InChI=1S/C13H21NO5S/c1-17-9-5-4-8-14-20(15,16)13-7-6-11(18-2)10-12(13)19-3/h6-7,10,14H,4-5,8-9H2,1-3H3. The normalized spacial score (nSPS) is 11.3. The molecule has 7 heteroatoms. The highest BCUT2D eigenvalue weighted by Gasteiger charge is 2.19. The first-order valence-corrected chi connectivity index (χ1v) is 7.74. The van der Waals surface area contributed by atoms with Gasteiger partial charge in [-0.25, -0.2) is 13.1 Å². The number of rotatable bonds is 9. The second-order valence-corrected chi connectivity index (χ2v) is 5.85. The van der Waals surface area contributed by atoms with Gasteiger partial charge in [-0.2, -0.15) is 0 Å². The molecule has 0 aromatic heterocycles. The molecular weight excluding hydrogens is 282 g/mol. The number of methoxy groups -OCH3 is 3. The van der Waals surface area contributed by atoms with Crippen molar-refractivity contribution in [1.82, 2.24) is 4.72 Å². The van der Waals surface area contributed by atoms with E-state index in [4.69, 9.17) is 14.2 Å². The molecule has 0 unspecified atom stereocenters. The summed E-state index contributed by atoms with van der Waals surface area (Å²) in [6, 6.07) is 4.59. The molecule has 114 valence electrons. The number of benzene rings is 1. The molecule has 1 N–H and O–H groups in total. The van der Waals surface area contributed by atoms with Gasteiger partial charge >= 0.3 is 0 Å². The van der Waals surface area contributed by atoms with Gasteiger partial charge in [0, 0.05) is 26.3 Å². The number of unbranched alkanes of at least 4 members (excludes halogenated alkanes) is 1. The molecule has 0 aliphatic rings. The Bertz CT molecular complexity index is 515. The summed E-state index contributed by atoms with van der Waals surface area (Å²) in [5, 5.41) is 0. The van der Waals surface area contributed by atoms with Gasteiger partial charge in [-0.05, 0) is 25.0 Å². The summed E-state index contributed by atoms with van der Waals surface area (Å²) in [5.41, 5.74) is 0. The summed E-state index contributed by atoms with van der Waals surface area (Å²) in [4.78, 5) is 0.104. The Labute approximate surface area is 120 Å². The molecule has 0 spiro atoms. The number of sulfonamides is 1. The van der Waals surface area contributed by atoms with Crippen molar-refractivity contribution < 1.29 is 22.6 Å². The Morgan fingerprint density at radius 1 is 1.10 bits per heavy atom. The van der Waals surface area contributed by atoms with Gasteiger partial charge < -0.3 is 14.2 Å². The fourth-order valence-electron chi connectivity index (χ4n) is 1.65. The molecule has 0 saturated heterocycles. The van der Waals surface area contributed by atoms with Crippen molar-refractivity contribution >= 4 is 10.0 Å². The van der Waals surface area contributed by atoms with E-state index in [2.05, 4.69) is 4.72 Å². The van der Waals surface area contributed by atoms with Gasteiger partial charge in [0.2, 0.25) is 10.0 Å². The van der Waals surface area contributed by atoms with Crippen molar-refractivity contribution in [2.45, 2.75) is 17.7 Å². The second-order valence-electron chi connectivity index (χ2n) is 4.11. The highest BCUT2D eigenvalue weighted by molar-refractivity contribution is 7.89. The average Bonchev–Trinajstić information content (AvgIpc) is 2.46. The smallest absolute Gasteiger partial charge is 0.244 e. The van der Waals surface area contributed by atoms with Crippen LogP contribution < -0.4 is 14.2 Å². The first-order chi connectivity index (χ1) is 9.55. The van der Waals surface area contributed by atoms with E-state index in [-0.39, 0.29) is 10.6 Å². The monoisotopic (exact) mass is 303 g/mol. The topological polar surface area (TPSA) is 73.9 Å². The van der Waals surface area contributed by atoms with Gasteiger partial charge in [0.1, 0.15) is 16.4 Å². The molecular formula is C13H21NO5S. The van der Waals surface area contributed by atoms with E-state index >= 15 is 0 Å². The molecule has 6 nitrogen and oxygen atoms in total. The highest BCUT2D eigenvalue weighted by Crippen LogP contribution is 2.28. The van der Waals surface area contributed by atoms with E-state index in [1.54, 1.807) is 19.2 Å². The van der Waals surface area contributed by atoms with E-state index in [0.717, 1.165) is 6.42 Å². The summed E-state index contributed by atoms with van der Waals surface area (Å²) >= 11 is 0. The zero-order chi connectivity index (χ0) is 15.0. The quantitative estimate of drug-likeness (QED) is 0.698. The lowest BCUT2D eigenvalue weighted by atomic mass is 10.3. The number of hydrogen-bond donors (Lipinski definition) is 1. The predicted octanol–water partition coefficient (Wildman–Crippen LogP) is 1.41. The van der Waals surface area contributed by atoms with Gasteiger partial charge in [-0.15, -0.1) is 0 Å². The molecule has 0 radical (unpaired) electrons. The minimum atomic E-state index is -3.59. The maximum Gasteiger partial charge on any atom is 0.244 e. The molecule has 1 rings (SSSR count). The first kappa shape index (κ1) is 16.7. The van der Waals surface area contributed by atoms with Crippen LogP contribution in [-0.2, 0) is 14.8 Å². The van der Waals surface area contributed by atoms with Gasteiger partial charge in [-0.3, -0.25) is 0 Å². The van der Waals surface area contributed by atoms with E-state index in [0.29, 0.717) is 25.3 Å². The Hall–Kier alpha value is -1.31. The fourth-order valence-corrected chi connectivity index (χ4v) is 2.88. The third-order valence-electron chi connectivity index (χ3n) is 2.73. The van der Waals surface area contributed by atoms with Crippen LogP contribution in [0.1, 0.15) is 12.8 Å². The third-order valence-corrected chi connectivity index (χ3v) is 4.23. The van der Waals surface area contributed by atoms with Crippen LogP contribution in [0.3, 0.4) is 0 Å². The number of nitrogens with one attached hydrogen (secondary N) is 1. The van der Waals surface area contributed by atoms with Crippen molar-refractivity contribution in [3.63, 3.8) is 0 Å². The third kappa shape index (κ3) is 4.66. The van der Waals surface area contributed by atoms with Crippen LogP contribution in [0, 0.1) is 0 Å². The maximum atomic E-state index is 12.2. The number of ether oxygens (including phenoxy) is 3. The van der Waals surface area contributed by atoms with Crippen LogP contribution in [0.4, 0.5) is 0 Å². The Balaban J connectivity index is 2.76. The van der Waals surface area contributed by atoms with Crippen LogP contribution in [0.25, 0.3) is 0 Å². The Morgan fingerprint density at radius 2 is 1.85 bits per heavy atom.